The standard InChI is InChI=1S/C10H11BrN4O/c1-6(2)15-8(7(11)5-14-15)9(16)10-12-3-4-13-10/h3-6H,1-2H3,(H,12,13). The Kier molecular flexibility index (Phi) is 2.91. The van der Waals surface area contributed by atoms with E-state index in [9.17, 15) is 4.79 Å². The Morgan fingerprint density at radius 2 is 2.31 bits per heavy atom. The van der Waals surface area contributed by atoms with Crippen LogP contribution in [-0.2, 0) is 0 Å². The first-order valence-electron chi connectivity index (χ1n) is 4.88. The van der Waals surface area contributed by atoms with Gasteiger partial charge in [0.1, 0.15) is 5.69 Å². The molecular formula is C10H11BrN4O. The summed E-state index contributed by atoms with van der Waals surface area (Å²) in [5, 5.41) is 4.15. The lowest BCUT2D eigenvalue weighted by Crippen LogP contribution is -2.14. The van der Waals surface area contributed by atoms with E-state index >= 15 is 0 Å². The van der Waals surface area contributed by atoms with E-state index in [0.29, 0.717) is 16.0 Å². The maximum absolute atomic E-state index is 12.1. The van der Waals surface area contributed by atoms with Crippen molar-refractivity contribution in [3.63, 3.8) is 0 Å². The average molecular weight is 283 g/mol. The maximum atomic E-state index is 12.1. The molecule has 1 N–H and O–H groups in total. The predicted octanol–water partition coefficient (Wildman–Crippen LogP) is 2.18. The van der Waals surface area contributed by atoms with Crippen molar-refractivity contribution < 1.29 is 4.79 Å². The number of H-pyrrole nitrogens is 1. The number of imidazole rings is 1. The van der Waals surface area contributed by atoms with Gasteiger partial charge in [-0.2, -0.15) is 5.10 Å². The first-order valence-corrected chi connectivity index (χ1v) is 5.67. The molecule has 84 valence electrons. The third-order valence-corrected chi connectivity index (χ3v) is 2.75. The zero-order chi connectivity index (χ0) is 11.7. The summed E-state index contributed by atoms with van der Waals surface area (Å²) < 4.78 is 2.36. The smallest absolute Gasteiger partial charge is 0.247 e. The summed E-state index contributed by atoms with van der Waals surface area (Å²) in [6.07, 6.45) is 4.80. The normalized spacial score (nSPS) is 11.0. The van der Waals surface area contributed by atoms with E-state index in [0.717, 1.165) is 0 Å². The summed E-state index contributed by atoms with van der Waals surface area (Å²) in [6, 6.07) is 0.125. The molecular weight excluding hydrogens is 272 g/mol. The molecule has 16 heavy (non-hydrogen) atoms. The van der Waals surface area contributed by atoms with Crippen LogP contribution in [-0.4, -0.2) is 25.5 Å². The van der Waals surface area contributed by atoms with Gasteiger partial charge in [-0.25, -0.2) is 4.98 Å². The third kappa shape index (κ3) is 1.80. The van der Waals surface area contributed by atoms with Gasteiger partial charge in [0.05, 0.1) is 10.7 Å². The molecule has 6 heteroatoms. The second-order valence-corrected chi connectivity index (χ2v) is 4.50. The number of hydrogen-bond donors (Lipinski definition) is 1. The van der Waals surface area contributed by atoms with Crippen molar-refractivity contribution in [2.24, 2.45) is 0 Å². The number of aromatic nitrogens is 4. The highest BCUT2D eigenvalue weighted by Crippen LogP contribution is 2.21. The molecule has 0 aliphatic carbocycles. The van der Waals surface area contributed by atoms with E-state index < -0.39 is 0 Å². The van der Waals surface area contributed by atoms with Gasteiger partial charge in [0.15, 0.2) is 5.82 Å². The van der Waals surface area contributed by atoms with Crippen LogP contribution in [0.4, 0.5) is 0 Å². The number of rotatable bonds is 3. The zero-order valence-electron chi connectivity index (χ0n) is 8.94. The number of aromatic amines is 1. The Morgan fingerprint density at radius 3 is 2.88 bits per heavy atom. The van der Waals surface area contributed by atoms with Gasteiger partial charge < -0.3 is 4.98 Å². The lowest BCUT2D eigenvalue weighted by molar-refractivity contribution is 0.101. The van der Waals surface area contributed by atoms with Gasteiger partial charge in [-0.15, -0.1) is 0 Å². The molecule has 0 spiro atoms. The molecule has 0 saturated heterocycles. The number of halogens is 1. The number of carbonyl (C=O) groups excluding carboxylic acids is 1. The van der Waals surface area contributed by atoms with E-state index in [4.69, 9.17) is 0 Å². The number of nitrogens with zero attached hydrogens (tertiary/aromatic N) is 3. The van der Waals surface area contributed by atoms with Crippen LogP contribution in [0.1, 0.15) is 36.2 Å². The summed E-state index contributed by atoms with van der Waals surface area (Å²) in [6.45, 7) is 3.94. The fourth-order valence-electron chi connectivity index (χ4n) is 1.45. The van der Waals surface area contributed by atoms with E-state index in [1.165, 1.54) is 0 Å². The number of nitrogens with one attached hydrogen (secondary N) is 1. The van der Waals surface area contributed by atoms with Crippen LogP contribution in [0, 0.1) is 0 Å². The Bertz CT molecular complexity index is 501. The monoisotopic (exact) mass is 282 g/mol. The van der Waals surface area contributed by atoms with Crippen LogP contribution in [0.3, 0.4) is 0 Å². The van der Waals surface area contributed by atoms with Crippen LogP contribution in [0.2, 0.25) is 0 Å². The second-order valence-electron chi connectivity index (χ2n) is 3.65. The van der Waals surface area contributed by atoms with Gasteiger partial charge >= 0.3 is 0 Å². The van der Waals surface area contributed by atoms with Crippen molar-refractivity contribution in [1.82, 2.24) is 19.7 Å². The van der Waals surface area contributed by atoms with Crippen LogP contribution >= 0.6 is 15.9 Å². The molecule has 2 aromatic heterocycles. The van der Waals surface area contributed by atoms with Crippen LogP contribution in [0.25, 0.3) is 0 Å². The molecule has 0 bridgehead atoms. The van der Waals surface area contributed by atoms with Crippen molar-refractivity contribution >= 4 is 21.7 Å². The van der Waals surface area contributed by atoms with E-state index in [-0.39, 0.29) is 11.8 Å². The Balaban J connectivity index is 2.48. The lowest BCUT2D eigenvalue weighted by atomic mass is 10.2. The molecule has 0 aromatic carbocycles. The van der Waals surface area contributed by atoms with Gasteiger partial charge in [0.25, 0.3) is 0 Å². The molecule has 0 saturated carbocycles. The fourth-order valence-corrected chi connectivity index (χ4v) is 1.90. The molecule has 0 amide bonds. The fraction of sp³-hybridized carbons (Fsp3) is 0.300. The number of hydrogen-bond acceptors (Lipinski definition) is 3. The minimum atomic E-state index is -0.164. The minimum Gasteiger partial charge on any atom is -0.342 e. The lowest BCUT2D eigenvalue weighted by Gasteiger charge is -2.09. The minimum absolute atomic E-state index is 0.125. The highest BCUT2D eigenvalue weighted by atomic mass is 79.9. The summed E-state index contributed by atoms with van der Waals surface area (Å²) in [5.74, 6) is 0.158. The Morgan fingerprint density at radius 1 is 1.56 bits per heavy atom. The topological polar surface area (TPSA) is 63.6 Å². The van der Waals surface area contributed by atoms with Crippen LogP contribution in [0.15, 0.2) is 23.1 Å². The van der Waals surface area contributed by atoms with Crippen molar-refractivity contribution in [3.05, 3.63) is 34.6 Å². The van der Waals surface area contributed by atoms with Gasteiger partial charge in [0.2, 0.25) is 5.78 Å². The first-order chi connectivity index (χ1) is 7.61. The molecule has 2 heterocycles. The zero-order valence-corrected chi connectivity index (χ0v) is 10.5. The Hall–Kier alpha value is -1.43. The van der Waals surface area contributed by atoms with Crippen LogP contribution in [0.5, 0.6) is 0 Å². The molecule has 0 fully saturated rings. The quantitative estimate of drug-likeness (QED) is 0.878. The van der Waals surface area contributed by atoms with E-state index in [1.54, 1.807) is 23.3 Å². The van der Waals surface area contributed by atoms with E-state index in [1.807, 2.05) is 13.8 Å². The molecule has 2 rings (SSSR count). The average Bonchev–Trinajstić information content (AvgIpc) is 2.84. The second kappa shape index (κ2) is 4.21. The van der Waals surface area contributed by atoms with Gasteiger partial charge in [-0.1, -0.05) is 0 Å². The molecule has 0 unspecified atom stereocenters. The van der Waals surface area contributed by atoms with Crippen molar-refractivity contribution in [1.29, 1.82) is 0 Å². The van der Waals surface area contributed by atoms with E-state index in [2.05, 4.69) is 31.0 Å². The largest absolute Gasteiger partial charge is 0.342 e. The molecule has 0 radical (unpaired) electrons. The molecule has 0 aliphatic rings. The third-order valence-electron chi connectivity index (χ3n) is 2.17. The molecule has 2 aromatic rings. The number of carbonyl (C=O) groups is 1. The Labute approximate surface area is 101 Å². The van der Waals surface area contributed by atoms with Gasteiger partial charge in [-0.05, 0) is 29.8 Å². The molecule has 0 aliphatic heterocycles. The number of ketones is 1. The first kappa shape index (κ1) is 11.1. The van der Waals surface area contributed by atoms with Crippen molar-refractivity contribution in [2.45, 2.75) is 19.9 Å². The van der Waals surface area contributed by atoms with Crippen molar-refractivity contribution in [2.75, 3.05) is 0 Å². The van der Waals surface area contributed by atoms with Gasteiger partial charge in [-0.3, -0.25) is 9.48 Å². The van der Waals surface area contributed by atoms with Crippen LogP contribution < -0.4 is 0 Å². The summed E-state index contributed by atoms with van der Waals surface area (Å²) >= 11 is 3.33. The molecule has 5 nitrogen and oxygen atoms in total. The SMILES string of the molecule is CC(C)n1ncc(Br)c1C(=O)c1ncc[nH]1. The van der Waals surface area contributed by atoms with Gasteiger partial charge in [0, 0.05) is 18.4 Å². The molecule has 0 atom stereocenters. The highest BCUT2D eigenvalue weighted by Gasteiger charge is 2.21. The maximum Gasteiger partial charge on any atom is 0.247 e. The predicted molar refractivity (Wildman–Crippen MR) is 62.3 cm³/mol. The highest BCUT2D eigenvalue weighted by molar-refractivity contribution is 9.10. The van der Waals surface area contributed by atoms with Crippen molar-refractivity contribution in [3.8, 4) is 0 Å². The summed E-state index contributed by atoms with van der Waals surface area (Å²) in [7, 11) is 0. The summed E-state index contributed by atoms with van der Waals surface area (Å²) in [5.41, 5.74) is 0.518. The summed E-state index contributed by atoms with van der Waals surface area (Å²) in [4.78, 5) is 18.9.